The molecule has 1 atom stereocenters. The monoisotopic (exact) mass is 377 g/mol. The summed E-state index contributed by atoms with van der Waals surface area (Å²) in [7, 11) is 0. The summed E-state index contributed by atoms with van der Waals surface area (Å²) in [4.78, 5) is 0. The molecular weight excluding hydrogens is 350 g/mol. The third kappa shape index (κ3) is 3.82. The molecule has 0 aromatic carbocycles. The first-order valence-corrected chi connectivity index (χ1v) is 10.5. The molecular formula is C18H27N5O2S. The Morgan fingerprint density at radius 2 is 2.04 bits per heavy atom. The van der Waals surface area contributed by atoms with Crippen LogP contribution in [0.3, 0.4) is 0 Å². The van der Waals surface area contributed by atoms with Gasteiger partial charge in [0.1, 0.15) is 11.6 Å². The van der Waals surface area contributed by atoms with Gasteiger partial charge in [-0.2, -0.15) is 0 Å². The fourth-order valence-corrected chi connectivity index (χ4v) is 4.91. The van der Waals surface area contributed by atoms with Crippen molar-refractivity contribution in [3.63, 3.8) is 0 Å². The van der Waals surface area contributed by atoms with E-state index in [1.165, 1.54) is 0 Å². The van der Waals surface area contributed by atoms with Gasteiger partial charge in [-0.1, -0.05) is 16.9 Å². The van der Waals surface area contributed by atoms with Crippen LogP contribution in [0.15, 0.2) is 9.68 Å². The molecule has 0 unspecified atom stereocenters. The lowest BCUT2D eigenvalue weighted by Gasteiger charge is -2.23. The Morgan fingerprint density at radius 1 is 1.19 bits per heavy atom. The van der Waals surface area contributed by atoms with E-state index in [-0.39, 0.29) is 6.10 Å². The molecule has 8 heteroatoms. The van der Waals surface area contributed by atoms with Crippen molar-refractivity contribution in [2.75, 3.05) is 19.7 Å². The Balaban J connectivity index is 1.55. The second-order valence-electron chi connectivity index (χ2n) is 7.20. The molecule has 4 heterocycles. The summed E-state index contributed by atoms with van der Waals surface area (Å²) in [6, 6.07) is 0. The van der Waals surface area contributed by atoms with Crippen LogP contribution < -0.4 is 5.32 Å². The van der Waals surface area contributed by atoms with Crippen molar-refractivity contribution in [2.24, 2.45) is 0 Å². The molecule has 2 saturated heterocycles. The first-order valence-electron chi connectivity index (χ1n) is 9.52. The number of hydrogen-bond donors (Lipinski definition) is 1. The minimum atomic E-state index is 0.282. The zero-order valence-electron chi connectivity index (χ0n) is 15.5. The molecule has 1 N–H and O–H groups in total. The zero-order valence-corrected chi connectivity index (χ0v) is 16.3. The zero-order chi connectivity index (χ0) is 17.9. The first kappa shape index (κ1) is 18.0. The van der Waals surface area contributed by atoms with Gasteiger partial charge < -0.3 is 19.1 Å². The van der Waals surface area contributed by atoms with E-state index in [0.29, 0.717) is 5.92 Å². The number of aromatic nitrogens is 4. The molecule has 0 radical (unpaired) electrons. The van der Waals surface area contributed by atoms with Gasteiger partial charge in [-0.3, -0.25) is 0 Å². The van der Waals surface area contributed by atoms with E-state index >= 15 is 0 Å². The predicted octanol–water partition coefficient (Wildman–Crippen LogP) is 2.82. The third-order valence-corrected chi connectivity index (χ3v) is 6.38. The maximum Gasteiger partial charge on any atom is 0.191 e. The molecule has 2 aromatic rings. The van der Waals surface area contributed by atoms with Crippen LogP contribution >= 0.6 is 11.8 Å². The third-order valence-electron chi connectivity index (χ3n) is 5.39. The van der Waals surface area contributed by atoms with E-state index in [4.69, 9.17) is 9.26 Å². The summed E-state index contributed by atoms with van der Waals surface area (Å²) in [5.41, 5.74) is 2.11. The highest BCUT2D eigenvalue weighted by atomic mass is 32.2. The lowest BCUT2D eigenvalue weighted by Crippen LogP contribution is -2.29. The van der Waals surface area contributed by atoms with Crippen LogP contribution in [-0.4, -0.2) is 45.7 Å². The Hall–Kier alpha value is -1.38. The summed E-state index contributed by atoms with van der Waals surface area (Å²) in [6.45, 7) is 7.79. The quantitative estimate of drug-likeness (QED) is 0.776. The maximum atomic E-state index is 5.89. The van der Waals surface area contributed by atoms with E-state index < -0.39 is 0 Å². The van der Waals surface area contributed by atoms with Crippen LogP contribution in [0.1, 0.15) is 54.4 Å². The van der Waals surface area contributed by atoms with Gasteiger partial charge in [-0.15, -0.1) is 10.2 Å². The molecule has 2 fully saturated rings. The molecule has 2 aromatic heterocycles. The van der Waals surface area contributed by atoms with E-state index in [9.17, 15) is 0 Å². The van der Waals surface area contributed by atoms with E-state index in [1.807, 2.05) is 13.8 Å². The highest BCUT2D eigenvalue weighted by Gasteiger charge is 2.26. The molecule has 0 spiro atoms. The molecule has 0 aliphatic carbocycles. The van der Waals surface area contributed by atoms with Gasteiger partial charge in [0, 0.05) is 23.8 Å². The first-order chi connectivity index (χ1) is 12.7. The number of piperidine rings is 1. The molecule has 2 aliphatic heterocycles. The van der Waals surface area contributed by atoms with Crippen LogP contribution in [0.25, 0.3) is 0 Å². The van der Waals surface area contributed by atoms with Crippen LogP contribution in [0.2, 0.25) is 0 Å². The highest BCUT2D eigenvalue weighted by molar-refractivity contribution is 7.98. The summed E-state index contributed by atoms with van der Waals surface area (Å²) in [6.07, 6.45) is 4.80. The van der Waals surface area contributed by atoms with Crippen molar-refractivity contribution in [1.29, 1.82) is 0 Å². The van der Waals surface area contributed by atoms with Gasteiger partial charge in [0.05, 0.1) is 18.3 Å². The summed E-state index contributed by atoms with van der Waals surface area (Å²) in [5.74, 6) is 3.30. The Labute approximate surface area is 158 Å². The predicted molar refractivity (Wildman–Crippen MR) is 99.4 cm³/mol. The van der Waals surface area contributed by atoms with Gasteiger partial charge in [0.2, 0.25) is 0 Å². The smallest absolute Gasteiger partial charge is 0.191 e. The molecule has 0 amide bonds. The van der Waals surface area contributed by atoms with Crippen LogP contribution in [0.5, 0.6) is 0 Å². The number of thioether (sulfide) groups is 1. The average molecular weight is 378 g/mol. The van der Waals surface area contributed by atoms with E-state index in [2.05, 4.69) is 25.2 Å². The van der Waals surface area contributed by atoms with Crippen molar-refractivity contribution in [3.8, 4) is 0 Å². The number of aryl methyl sites for hydroxylation is 2. The van der Waals surface area contributed by atoms with E-state index in [1.54, 1.807) is 11.8 Å². The standard InChI is InChI=1S/C18H27N5O2S/c1-12-16(13(2)25-22-12)11-26-18-21-20-17(14-5-7-19-8-6-14)23(18)10-15-4-3-9-24-15/h14-15,19H,3-11H2,1-2H3/t15-/m0/s1. The Bertz CT molecular complexity index is 713. The summed E-state index contributed by atoms with van der Waals surface area (Å²) >= 11 is 1.72. The molecule has 7 nitrogen and oxygen atoms in total. The van der Waals surface area contributed by atoms with Gasteiger partial charge in [-0.05, 0) is 52.6 Å². The van der Waals surface area contributed by atoms with Crippen LogP contribution in [0, 0.1) is 13.8 Å². The Morgan fingerprint density at radius 3 is 2.73 bits per heavy atom. The molecule has 26 heavy (non-hydrogen) atoms. The van der Waals surface area contributed by atoms with Crippen molar-refractivity contribution in [2.45, 2.75) is 69.0 Å². The van der Waals surface area contributed by atoms with Crippen molar-refractivity contribution in [3.05, 3.63) is 22.8 Å². The lowest BCUT2D eigenvalue weighted by molar-refractivity contribution is 0.0936. The van der Waals surface area contributed by atoms with E-state index in [0.717, 1.165) is 85.7 Å². The molecule has 2 aliphatic rings. The van der Waals surface area contributed by atoms with Crippen molar-refractivity contribution >= 4 is 11.8 Å². The summed E-state index contributed by atoms with van der Waals surface area (Å²) in [5, 5.41) is 17.6. The number of nitrogens with one attached hydrogen (secondary N) is 1. The van der Waals surface area contributed by atoms with Gasteiger partial charge in [0.25, 0.3) is 0 Å². The lowest BCUT2D eigenvalue weighted by atomic mass is 9.97. The van der Waals surface area contributed by atoms with Crippen LogP contribution in [-0.2, 0) is 17.0 Å². The average Bonchev–Trinajstić information content (AvgIpc) is 3.38. The number of rotatable bonds is 6. The largest absolute Gasteiger partial charge is 0.376 e. The maximum absolute atomic E-state index is 5.89. The number of nitrogens with zero attached hydrogens (tertiary/aromatic N) is 4. The second-order valence-corrected chi connectivity index (χ2v) is 8.14. The van der Waals surface area contributed by atoms with Crippen molar-refractivity contribution in [1.82, 2.24) is 25.2 Å². The topological polar surface area (TPSA) is 78.0 Å². The normalized spacial score (nSPS) is 21.5. The van der Waals surface area contributed by atoms with Gasteiger partial charge in [-0.25, -0.2) is 0 Å². The second kappa shape index (κ2) is 8.10. The van der Waals surface area contributed by atoms with Gasteiger partial charge in [0.15, 0.2) is 5.16 Å². The van der Waals surface area contributed by atoms with Gasteiger partial charge >= 0.3 is 0 Å². The fourth-order valence-electron chi connectivity index (χ4n) is 3.80. The molecule has 4 rings (SSSR count). The molecule has 0 saturated carbocycles. The SMILES string of the molecule is Cc1noc(C)c1CSc1nnc(C2CCNCC2)n1C[C@@H]1CCCO1. The van der Waals surface area contributed by atoms with Crippen LogP contribution in [0.4, 0.5) is 0 Å². The molecule has 0 bridgehead atoms. The summed E-state index contributed by atoms with van der Waals surface area (Å²) < 4.78 is 13.5. The highest BCUT2D eigenvalue weighted by Crippen LogP contribution is 2.31. The minimum Gasteiger partial charge on any atom is -0.376 e. The minimum absolute atomic E-state index is 0.282. The molecule has 142 valence electrons. The Kier molecular flexibility index (Phi) is 5.61. The van der Waals surface area contributed by atoms with Crippen molar-refractivity contribution < 1.29 is 9.26 Å². The fraction of sp³-hybridized carbons (Fsp3) is 0.722. The number of ether oxygens (including phenoxy) is 1. The number of hydrogen-bond acceptors (Lipinski definition) is 7.